The van der Waals surface area contributed by atoms with E-state index in [4.69, 9.17) is 4.74 Å². The van der Waals surface area contributed by atoms with E-state index in [2.05, 4.69) is 11.6 Å². The van der Waals surface area contributed by atoms with Crippen LogP contribution in [0.2, 0.25) is 0 Å². The molecule has 0 bridgehead atoms. The Kier molecular flexibility index (Phi) is 6.08. The average Bonchev–Trinajstić information content (AvgIpc) is 2.30. The lowest BCUT2D eigenvalue weighted by Crippen LogP contribution is -2.35. The normalized spacial score (nSPS) is 12.2. The molecule has 0 aromatic heterocycles. The summed E-state index contributed by atoms with van der Waals surface area (Å²) in [7, 11) is 1.62. The van der Waals surface area contributed by atoms with E-state index in [0.29, 0.717) is 12.2 Å². The third-order valence-corrected chi connectivity index (χ3v) is 2.94. The first-order valence-electron chi connectivity index (χ1n) is 5.55. The molecular formula is C13H19NO2S. The third kappa shape index (κ3) is 4.79. The van der Waals surface area contributed by atoms with Crippen LogP contribution < -0.4 is 5.32 Å². The van der Waals surface area contributed by atoms with E-state index in [9.17, 15) is 4.79 Å². The maximum absolute atomic E-state index is 11.8. The van der Waals surface area contributed by atoms with Gasteiger partial charge in [-0.2, -0.15) is 11.8 Å². The van der Waals surface area contributed by atoms with Crippen molar-refractivity contribution < 1.29 is 9.53 Å². The van der Waals surface area contributed by atoms with Crippen molar-refractivity contribution in [2.45, 2.75) is 18.7 Å². The number of ether oxygens (including phenoxy) is 1. The predicted octanol–water partition coefficient (Wildman–Crippen LogP) is 2.31. The fourth-order valence-electron chi connectivity index (χ4n) is 1.52. The van der Waals surface area contributed by atoms with Crippen LogP contribution in [0.15, 0.2) is 24.3 Å². The summed E-state index contributed by atoms with van der Waals surface area (Å²) < 4.78 is 4.97. The van der Waals surface area contributed by atoms with Gasteiger partial charge in [0.05, 0.1) is 6.61 Å². The van der Waals surface area contributed by atoms with E-state index < -0.39 is 0 Å². The molecule has 0 unspecified atom stereocenters. The summed E-state index contributed by atoms with van der Waals surface area (Å²) >= 11 is 1.77. The van der Waals surface area contributed by atoms with Gasteiger partial charge in [0, 0.05) is 24.5 Å². The highest BCUT2D eigenvalue weighted by Gasteiger charge is 2.09. The molecule has 1 aromatic carbocycles. The van der Waals surface area contributed by atoms with Crippen molar-refractivity contribution in [3.05, 3.63) is 35.4 Å². The second-order valence-electron chi connectivity index (χ2n) is 3.96. The molecule has 0 radical (unpaired) electrons. The smallest absolute Gasteiger partial charge is 0.251 e. The van der Waals surface area contributed by atoms with Gasteiger partial charge in [-0.1, -0.05) is 12.1 Å². The van der Waals surface area contributed by atoms with Crippen molar-refractivity contribution in [3.8, 4) is 0 Å². The summed E-state index contributed by atoms with van der Waals surface area (Å²) in [4.78, 5) is 11.8. The first-order valence-corrected chi connectivity index (χ1v) is 6.94. The molecule has 1 amide bonds. The molecule has 0 saturated heterocycles. The van der Waals surface area contributed by atoms with Crippen molar-refractivity contribution in [1.29, 1.82) is 0 Å². The van der Waals surface area contributed by atoms with Crippen LogP contribution in [0.5, 0.6) is 0 Å². The van der Waals surface area contributed by atoms with Crippen LogP contribution in [0.25, 0.3) is 0 Å². The van der Waals surface area contributed by atoms with Crippen molar-refractivity contribution in [2.24, 2.45) is 0 Å². The maximum atomic E-state index is 11.8. The zero-order valence-electron chi connectivity index (χ0n) is 10.5. The quantitative estimate of drug-likeness (QED) is 0.845. The van der Waals surface area contributed by atoms with Gasteiger partial charge in [-0.25, -0.2) is 0 Å². The topological polar surface area (TPSA) is 38.3 Å². The number of nitrogens with one attached hydrogen (secondary N) is 1. The SMILES string of the molecule is COC[C@H](C)NC(=O)c1ccc(CSC)cc1. The molecule has 1 rings (SSSR count). The average molecular weight is 253 g/mol. The number of amides is 1. The number of carbonyl (C=O) groups is 1. The second-order valence-corrected chi connectivity index (χ2v) is 4.83. The van der Waals surface area contributed by atoms with E-state index in [1.807, 2.05) is 31.2 Å². The predicted molar refractivity (Wildman–Crippen MR) is 72.5 cm³/mol. The fraction of sp³-hybridized carbons (Fsp3) is 0.462. The largest absolute Gasteiger partial charge is 0.383 e. The van der Waals surface area contributed by atoms with E-state index >= 15 is 0 Å². The molecular weight excluding hydrogens is 234 g/mol. The fourth-order valence-corrected chi connectivity index (χ4v) is 2.04. The first kappa shape index (κ1) is 14.1. The molecule has 0 fully saturated rings. The summed E-state index contributed by atoms with van der Waals surface area (Å²) in [6.07, 6.45) is 2.06. The Bertz CT molecular complexity index is 351. The van der Waals surface area contributed by atoms with Crippen LogP contribution in [0.1, 0.15) is 22.8 Å². The number of hydrogen-bond acceptors (Lipinski definition) is 3. The molecule has 94 valence electrons. The van der Waals surface area contributed by atoms with Gasteiger partial charge in [-0.15, -0.1) is 0 Å². The molecule has 0 heterocycles. The van der Waals surface area contributed by atoms with Crippen LogP contribution in [0.3, 0.4) is 0 Å². The van der Waals surface area contributed by atoms with Crippen LogP contribution in [-0.2, 0) is 10.5 Å². The van der Waals surface area contributed by atoms with E-state index in [1.54, 1.807) is 18.9 Å². The Labute approximate surface area is 107 Å². The lowest BCUT2D eigenvalue weighted by atomic mass is 10.1. The summed E-state index contributed by atoms with van der Waals surface area (Å²) in [6.45, 7) is 2.44. The monoisotopic (exact) mass is 253 g/mol. The molecule has 3 nitrogen and oxygen atoms in total. The highest BCUT2D eigenvalue weighted by Crippen LogP contribution is 2.10. The van der Waals surface area contributed by atoms with Gasteiger partial charge < -0.3 is 10.1 Å². The summed E-state index contributed by atoms with van der Waals surface area (Å²) in [5.41, 5.74) is 1.93. The second kappa shape index (κ2) is 7.35. The van der Waals surface area contributed by atoms with E-state index in [1.165, 1.54) is 5.56 Å². The summed E-state index contributed by atoms with van der Waals surface area (Å²) in [5.74, 6) is 0.923. The van der Waals surface area contributed by atoms with Crippen LogP contribution in [-0.4, -0.2) is 31.9 Å². The minimum atomic E-state index is -0.0507. The Balaban J connectivity index is 2.57. The van der Waals surface area contributed by atoms with E-state index in [0.717, 1.165) is 5.75 Å². The Morgan fingerprint density at radius 2 is 2.06 bits per heavy atom. The molecule has 0 spiro atoms. The number of benzene rings is 1. The molecule has 17 heavy (non-hydrogen) atoms. The molecule has 0 aliphatic heterocycles. The lowest BCUT2D eigenvalue weighted by Gasteiger charge is -2.12. The molecule has 0 aliphatic rings. The maximum Gasteiger partial charge on any atom is 0.251 e. The van der Waals surface area contributed by atoms with Gasteiger partial charge in [-0.05, 0) is 30.9 Å². The Morgan fingerprint density at radius 1 is 1.41 bits per heavy atom. The molecule has 4 heteroatoms. The number of carbonyl (C=O) groups excluding carboxylic acids is 1. The van der Waals surface area contributed by atoms with E-state index in [-0.39, 0.29) is 11.9 Å². The first-order chi connectivity index (χ1) is 8.17. The van der Waals surface area contributed by atoms with Crippen molar-refractivity contribution in [1.82, 2.24) is 5.32 Å². The number of thioether (sulfide) groups is 1. The van der Waals surface area contributed by atoms with Crippen molar-refractivity contribution in [2.75, 3.05) is 20.0 Å². The van der Waals surface area contributed by atoms with Gasteiger partial charge in [0.25, 0.3) is 5.91 Å². The van der Waals surface area contributed by atoms with Crippen LogP contribution in [0, 0.1) is 0 Å². The molecule has 0 saturated carbocycles. The molecule has 1 N–H and O–H groups in total. The highest BCUT2D eigenvalue weighted by molar-refractivity contribution is 7.97. The van der Waals surface area contributed by atoms with Gasteiger partial charge in [0.15, 0.2) is 0 Å². The minimum absolute atomic E-state index is 0.0263. The molecule has 0 aliphatic carbocycles. The number of hydrogen-bond donors (Lipinski definition) is 1. The Morgan fingerprint density at radius 3 is 2.59 bits per heavy atom. The van der Waals surface area contributed by atoms with Crippen LogP contribution >= 0.6 is 11.8 Å². The lowest BCUT2D eigenvalue weighted by molar-refractivity contribution is 0.0905. The minimum Gasteiger partial charge on any atom is -0.383 e. The summed E-state index contributed by atoms with van der Waals surface area (Å²) in [5, 5.41) is 2.88. The van der Waals surface area contributed by atoms with Gasteiger partial charge in [0.2, 0.25) is 0 Å². The zero-order valence-corrected chi connectivity index (χ0v) is 11.3. The molecule has 1 aromatic rings. The van der Waals surface area contributed by atoms with Gasteiger partial charge in [-0.3, -0.25) is 4.79 Å². The van der Waals surface area contributed by atoms with Gasteiger partial charge >= 0.3 is 0 Å². The number of methoxy groups -OCH3 is 1. The molecule has 1 atom stereocenters. The van der Waals surface area contributed by atoms with Crippen molar-refractivity contribution in [3.63, 3.8) is 0 Å². The zero-order chi connectivity index (χ0) is 12.7. The Hall–Kier alpha value is -1.00. The standard InChI is InChI=1S/C13H19NO2S/c1-10(8-16-2)14-13(15)12-6-4-11(5-7-12)9-17-3/h4-7,10H,8-9H2,1-3H3,(H,14,15)/t10-/m0/s1. The number of rotatable bonds is 6. The highest BCUT2D eigenvalue weighted by atomic mass is 32.2. The summed E-state index contributed by atoms with van der Waals surface area (Å²) in [6, 6.07) is 7.73. The van der Waals surface area contributed by atoms with Crippen molar-refractivity contribution >= 4 is 17.7 Å². The third-order valence-electron chi connectivity index (χ3n) is 2.32. The van der Waals surface area contributed by atoms with Crippen LogP contribution in [0.4, 0.5) is 0 Å². The van der Waals surface area contributed by atoms with Gasteiger partial charge in [0.1, 0.15) is 0 Å².